The van der Waals surface area contributed by atoms with Gasteiger partial charge in [-0.3, -0.25) is 0 Å². The molecule has 110 valence electrons. The molecule has 21 heavy (non-hydrogen) atoms. The fraction of sp³-hybridized carbons (Fsp3) is 0.389. The second-order valence-electron chi connectivity index (χ2n) is 4.87. The molecule has 0 unspecified atom stereocenters. The smallest absolute Gasteiger partial charge is 0.334 e. The van der Waals surface area contributed by atoms with E-state index in [4.69, 9.17) is 9.47 Å². The molecule has 0 bridgehead atoms. The highest BCUT2D eigenvalue weighted by molar-refractivity contribution is 5.91. The Morgan fingerprint density at radius 2 is 2.05 bits per heavy atom. The van der Waals surface area contributed by atoms with Gasteiger partial charge in [0.1, 0.15) is 0 Å². The van der Waals surface area contributed by atoms with Gasteiger partial charge in [0, 0.05) is 23.8 Å². The van der Waals surface area contributed by atoms with E-state index < -0.39 is 0 Å². The first-order valence-electron chi connectivity index (χ1n) is 7.24. The molecule has 2 rings (SSSR count). The lowest BCUT2D eigenvalue weighted by Gasteiger charge is -2.03. The zero-order valence-electron chi connectivity index (χ0n) is 12.6. The van der Waals surface area contributed by atoms with Crippen LogP contribution >= 0.6 is 0 Å². The van der Waals surface area contributed by atoms with Gasteiger partial charge in [0.2, 0.25) is 0 Å². The summed E-state index contributed by atoms with van der Waals surface area (Å²) in [4.78, 5) is 11.9. The number of allylic oxidation sites excluding steroid dienone is 1. The molecule has 3 heteroatoms. The van der Waals surface area contributed by atoms with Gasteiger partial charge in [0.25, 0.3) is 0 Å². The summed E-state index contributed by atoms with van der Waals surface area (Å²) in [6.45, 7) is 2.76. The van der Waals surface area contributed by atoms with Gasteiger partial charge >= 0.3 is 5.97 Å². The second kappa shape index (κ2) is 7.66. The minimum absolute atomic E-state index is 0.218. The Hall–Kier alpha value is -2.05. The SMILES string of the molecule is CCOC(=O)C1=C(C#Cc2ccccc2COC)CCC1. The van der Waals surface area contributed by atoms with Crippen LogP contribution in [0.2, 0.25) is 0 Å². The molecular weight excluding hydrogens is 264 g/mol. The summed E-state index contributed by atoms with van der Waals surface area (Å²) in [6, 6.07) is 7.90. The number of methoxy groups -OCH3 is 1. The van der Waals surface area contributed by atoms with Crippen molar-refractivity contribution in [1.82, 2.24) is 0 Å². The Morgan fingerprint density at radius 1 is 1.24 bits per heavy atom. The van der Waals surface area contributed by atoms with E-state index in [0.717, 1.165) is 41.5 Å². The molecule has 0 saturated carbocycles. The Labute approximate surface area is 126 Å². The highest BCUT2D eigenvalue weighted by atomic mass is 16.5. The molecule has 0 N–H and O–H groups in total. The molecule has 3 nitrogen and oxygen atoms in total. The third-order valence-electron chi connectivity index (χ3n) is 3.40. The van der Waals surface area contributed by atoms with Crippen molar-refractivity contribution in [3.63, 3.8) is 0 Å². The van der Waals surface area contributed by atoms with Gasteiger partial charge in [0.15, 0.2) is 0 Å². The van der Waals surface area contributed by atoms with Crippen LogP contribution in [0.5, 0.6) is 0 Å². The third-order valence-corrected chi connectivity index (χ3v) is 3.40. The maximum atomic E-state index is 11.9. The molecule has 1 aromatic rings. The Bertz CT molecular complexity index is 602. The van der Waals surface area contributed by atoms with Gasteiger partial charge in [-0.15, -0.1) is 0 Å². The summed E-state index contributed by atoms with van der Waals surface area (Å²) in [5.41, 5.74) is 3.67. The number of hydrogen-bond acceptors (Lipinski definition) is 3. The summed E-state index contributed by atoms with van der Waals surface area (Å²) in [5.74, 6) is 6.11. The predicted octanol–water partition coefficient (Wildman–Crippen LogP) is 3.23. The molecule has 0 radical (unpaired) electrons. The minimum Gasteiger partial charge on any atom is -0.463 e. The number of hydrogen-bond donors (Lipinski definition) is 0. The highest BCUT2D eigenvalue weighted by Crippen LogP contribution is 2.26. The molecule has 0 heterocycles. The van der Waals surface area contributed by atoms with E-state index in [1.807, 2.05) is 31.2 Å². The average Bonchev–Trinajstić information content (AvgIpc) is 2.95. The lowest BCUT2D eigenvalue weighted by atomic mass is 10.1. The quantitative estimate of drug-likeness (QED) is 0.629. The number of ether oxygens (including phenoxy) is 2. The van der Waals surface area contributed by atoms with E-state index in [2.05, 4.69) is 11.8 Å². The zero-order valence-corrected chi connectivity index (χ0v) is 12.6. The van der Waals surface area contributed by atoms with Crippen molar-refractivity contribution >= 4 is 5.97 Å². The third kappa shape index (κ3) is 3.96. The molecule has 1 aliphatic carbocycles. The van der Waals surface area contributed by atoms with Crippen LogP contribution in [0.3, 0.4) is 0 Å². The van der Waals surface area contributed by atoms with Crippen molar-refractivity contribution in [2.24, 2.45) is 0 Å². The molecule has 0 atom stereocenters. The van der Waals surface area contributed by atoms with Gasteiger partial charge in [0.05, 0.1) is 13.2 Å². The zero-order chi connectivity index (χ0) is 15.1. The van der Waals surface area contributed by atoms with Crippen LogP contribution in [0.15, 0.2) is 35.4 Å². The fourth-order valence-corrected chi connectivity index (χ4v) is 2.39. The highest BCUT2D eigenvalue weighted by Gasteiger charge is 2.20. The van der Waals surface area contributed by atoms with Crippen molar-refractivity contribution in [3.8, 4) is 11.8 Å². The van der Waals surface area contributed by atoms with E-state index in [9.17, 15) is 4.79 Å². The summed E-state index contributed by atoms with van der Waals surface area (Å²) < 4.78 is 10.3. The van der Waals surface area contributed by atoms with Gasteiger partial charge < -0.3 is 9.47 Å². The fourth-order valence-electron chi connectivity index (χ4n) is 2.39. The molecule has 0 aliphatic heterocycles. The summed E-state index contributed by atoms with van der Waals surface area (Å²) in [5, 5.41) is 0. The van der Waals surface area contributed by atoms with E-state index in [-0.39, 0.29) is 5.97 Å². The molecule has 0 saturated heterocycles. The van der Waals surface area contributed by atoms with Gasteiger partial charge in [-0.05, 0) is 37.8 Å². The first-order valence-corrected chi connectivity index (χ1v) is 7.24. The van der Waals surface area contributed by atoms with E-state index in [1.165, 1.54) is 0 Å². The topological polar surface area (TPSA) is 35.5 Å². The molecule has 0 spiro atoms. The van der Waals surface area contributed by atoms with Gasteiger partial charge in [-0.25, -0.2) is 4.79 Å². The Kier molecular flexibility index (Phi) is 5.59. The first-order chi connectivity index (χ1) is 10.3. The van der Waals surface area contributed by atoms with Crippen molar-refractivity contribution in [3.05, 3.63) is 46.5 Å². The lowest BCUT2D eigenvalue weighted by molar-refractivity contribution is -0.138. The maximum Gasteiger partial charge on any atom is 0.334 e. The number of carbonyl (C=O) groups is 1. The van der Waals surface area contributed by atoms with Crippen LogP contribution in [-0.4, -0.2) is 19.7 Å². The lowest BCUT2D eigenvalue weighted by Crippen LogP contribution is -2.07. The largest absolute Gasteiger partial charge is 0.463 e. The molecule has 1 aromatic carbocycles. The molecule has 1 aliphatic rings. The maximum absolute atomic E-state index is 11.9. The normalized spacial score (nSPS) is 13.8. The summed E-state index contributed by atoms with van der Waals surface area (Å²) in [6.07, 6.45) is 2.59. The van der Waals surface area contributed by atoms with Crippen molar-refractivity contribution in [2.45, 2.75) is 32.8 Å². The van der Waals surface area contributed by atoms with Crippen LogP contribution in [-0.2, 0) is 20.9 Å². The number of carbonyl (C=O) groups excluding carboxylic acids is 1. The van der Waals surface area contributed by atoms with Gasteiger partial charge in [-0.2, -0.15) is 0 Å². The van der Waals surface area contributed by atoms with E-state index in [1.54, 1.807) is 7.11 Å². The average molecular weight is 284 g/mol. The van der Waals surface area contributed by atoms with E-state index in [0.29, 0.717) is 13.2 Å². The van der Waals surface area contributed by atoms with Crippen molar-refractivity contribution in [1.29, 1.82) is 0 Å². The van der Waals surface area contributed by atoms with Crippen LogP contribution in [0.1, 0.15) is 37.3 Å². The van der Waals surface area contributed by atoms with Crippen molar-refractivity contribution in [2.75, 3.05) is 13.7 Å². The van der Waals surface area contributed by atoms with Crippen LogP contribution in [0.4, 0.5) is 0 Å². The standard InChI is InChI=1S/C18H20O3/c1-3-21-18(19)17-10-6-9-15(17)12-11-14-7-4-5-8-16(14)13-20-2/h4-5,7-8H,3,6,9-10,13H2,1-2H3. The first kappa shape index (κ1) is 15.3. The van der Waals surface area contributed by atoms with Crippen LogP contribution in [0, 0.1) is 11.8 Å². The molecule has 0 amide bonds. The Morgan fingerprint density at radius 3 is 2.81 bits per heavy atom. The van der Waals surface area contributed by atoms with Crippen LogP contribution in [0.25, 0.3) is 0 Å². The molecule has 0 aromatic heterocycles. The van der Waals surface area contributed by atoms with E-state index >= 15 is 0 Å². The number of rotatable bonds is 4. The van der Waals surface area contributed by atoms with Crippen LogP contribution < -0.4 is 0 Å². The monoisotopic (exact) mass is 284 g/mol. The number of benzene rings is 1. The Balaban J connectivity index is 2.25. The second-order valence-corrected chi connectivity index (χ2v) is 4.87. The minimum atomic E-state index is -0.218. The van der Waals surface area contributed by atoms with Crippen molar-refractivity contribution < 1.29 is 14.3 Å². The van der Waals surface area contributed by atoms with Gasteiger partial charge in [-0.1, -0.05) is 30.0 Å². The molecular formula is C18H20O3. The number of esters is 1. The molecule has 0 fully saturated rings. The summed E-state index contributed by atoms with van der Waals surface area (Å²) >= 11 is 0. The predicted molar refractivity (Wildman–Crippen MR) is 81.5 cm³/mol. The summed E-state index contributed by atoms with van der Waals surface area (Å²) in [7, 11) is 1.67.